The van der Waals surface area contributed by atoms with E-state index in [9.17, 15) is 9.59 Å². The molecule has 6 nitrogen and oxygen atoms in total. The Labute approximate surface area is 143 Å². The maximum Gasteiger partial charge on any atom is 0.233 e. The summed E-state index contributed by atoms with van der Waals surface area (Å²) in [4.78, 5) is 24.4. The number of ether oxygens (including phenoxy) is 1. The van der Waals surface area contributed by atoms with Crippen molar-refractivity contribution in [3.63, 3.8) is 0 Å². The zero-order valence-electron chi connectivity index (χ0n) is 14.6. The van der Waals surface area contributed by atoms with Crippen LogP contribution >= 0.6 is 0 Å². The van der Waals surface area contributed by atoms with E-state index in [0.29, 0.717) is 6.61 Å². The largest absolute Gasteiger partial charge is 0.384 e. The number of hydrogen-bond acceptors (Lipinski definition) is 4. The lowest BCUT2D eigenvalue weighted by molar-refractivity contribution is -0.130. The van der Waals surface area contributed by atoms with Crippen LogP contribution in [0.25, 0.3) is 0 Å². The Kier molecular flexibility index (Phi) is 6.34. The number of carbonyl (C=O) groups is 2. The van der Waals surface area contributed by atoms with E-state index in [1.54, 1.807) is 31.4 Å². The third-order valence-electron chi connectivity index (χ3n) is 4.40. The molecule has 0 unspecified atom stereocenters. The van der Waals surface area contributed by atoms with Crippen LogP contribution in [0.5, 0.6) is 0 Å². The second kappa shape index (κ2) is 8.26. The molecule has 6 heteroatoms. The third kappa shape index (κ3) is 4.55. The van der Waals surface area contributed by atoms with Crippen LogP contribution in [0.4, 0.5) is 11.4 Å². The highest BCUT2D eigenvalue weighted by Gasteiger charge is 2.39. The Bertz CT molecular complexity index is 558. The Morgan fingerprint density at radius 3 is 2.17 bits per heavy atom. The fourth-order valence-electron chi connectivity index (χ4n) is 2.81. The Morgan fingerprint density at radius 2 is 1.67 bits per heavy atom. The van der Waals surface area contributed by atoms with E-state index in [2.05, 4.69) is 16.0 Å². The number of carbonyl (C=O) groups excluding carboxylic acids is 2. The summed E-state index contributed by atoms with van der Waals surface area (Å²) in [5, 5.41) is 9.09. The molecule has 2 amide bonds. The van der Waals surface area contributed by atoms with Gasteiger partial charge in [-0.15, -0.1) is 0 Å². The minimum atomic E-state index is -0.482. The van der Waals surface area contributed by atoms with Gasteiger partial charge in [-0.3, -0.25) is 9.59 Å². The molecule has 1 saturated heterocycles. The van der Waals surface area contributed by atoms with Crippen LogP contribution in [0.3, 0.4) is 0 Å². The van der Waals surface area contributed by atoms with Gasteiger partial charge in [-0.05, 0) is 50.2 Å². The molecule has 1 aliphatic heterocycles. The van der Waals surface area contributed by atoms with Gasteiger partial charge in [0.2, 0.25) is 11.8 Å². The van der Waals surface area contributed by atoms with Crippen LogP contribution < -0.4 is 16.0 Å². The molecule has 3 N–H and O–H groups in total. The first kappa shape index (κ1) is 18.4. The minimum absolute atomic E-state index is 0.00943. The monoisotopic (exact) mass is 333 g/mol. The molecular formula is C18H27N3O3. The quantitative estimate of drug-likeness (QED) is 0.746. The maximum atomic E-state index is 12.7. The predicted molar refractivity (Wildman–Crippen MR) is 95.0 cm³/mol. The molecular weight excluding hydrogens is 306 g/mol. The van der Waals surface area contributed by atoms with Crippen LogP contribution in [0.2, 0.25) is 0 Å². The Hall–Kier alpha value is -1.92. The molecule has 0 saturated carbocycles. The Morgan fingerprint density at radius 1 is 1.12 bits per heavy atom. The number of methoxy groups -OCH3 is 1. The van der Waals surface area contributed by atoms with E-state index in [1.165, 1.54) is 0 Å². The molecule has 1 aliphatic rings. The van der Waals surface area contributed by atoms with Gasteiger partial charge >= 0.3 is 0 Å². The number of anilines is 2. The number of piperidine rings is 1. The van der Waals surface area contributed by atoms with E-state index in [0.717, 1.165) is 37.3 Å². The van der Waals surface area contributed by atoms with E-state index in [1.807, 2.05) is 13.8 Å². The van der Waals surface area contributed by atoms with Crippen LogP contribution in [0, 0.1) is 11.3 Å². The SMILES string of the molecule is COCC1(C(=O)Nc2ccc(NC(=O)C(C)C)cc2)CCNCC1. The number of benzene rings is 1. The van der Waals surface area contributed by atoms with Crippen molar-refractivity contribution in [3.8, 4) is 0 Å². The summed E-state index contributed by atoms with van der Waals surface area (Å²) in [6.07, 6.45) is 1.52. The molecule has 1 aromatic rings. The zero-order valence-corrected chi connectivity index (χ0v) is 14.6. The molecule has 1 heterocycles. The van der Waals surface area contributed by atoms with Crippen LogP contribution in [-0.4, -0.2) is 38.6 Å². The summed E-state index contributed by atoms with van der Waals surface area (Å²) in [5.41, 5.74) is 0.960. The molecule has 0 radical (unpaired) electrons. The fourth-order valence-corrected chi connectivity index (χ4v) is 2.81. The smallest absolute Gasteiger partial charge is 0.233 e. The average Bonchev–Trinajstić information content (AvgIpc) is 2.57. The van der Waals surface area contributed by atoms with Crippen molar-refractivity contribution in [2.24, 2.45) is 11.3 Å². The van der Waals surface area contributed by atoms with Crippen LogP contribution in [-0.2, 0) is 14.3 Å². The van der Waals surface area contributed by atoms with E-state index in [4.69, 9.17) is 4.74 Å². The summed E-state index contributed by atoms with van der Waals surface area (Å²) >= 11 is 0. The molecule has 132 valence electrons. The highest BCUT2D eigenvalue weighted by atomic mass is 16.5. The third-order valence-corrected chi connectivity index (χ3v) is 4.40. The summed E-state index contributed by atoms with van der Waals surface area (Å²) in [7, 11) is 1.63. The molecule has 0 atom stereocenters. The summed E-state index contributed by atoms with van der Waals surface area (Å²) in [6, 6.07) is 7.19. The van der Waals surface area contributed by atoms with Gasteiger partial charge < -0.3 is 20.7 Å². The molecule has 1 aromatic carbocycles. The predicted octanol–water partition coefficient (Wildman–Crippen LogP) is 2.24. The first-order chi connectivity index (χ1) is 11.5. The van der Waals surface area contributed by atoms with E-state index in [-0.39, 0.29) is 17.7 Å². The topological polar surface area (TPSA) is 79.5 Å². The summed E-state index contributed by atoms with van der Waals surface area (Å²) in [6.45, 7) is 5.74. The highest BCUT2D eigenvalue weighted by molar-refractivity contribution is 5.96. The molecule has 1 fully saturated rings. The van der Waals surface area contributed by atoms with Gasteiger partial charge in [-0.25, -0.2) is 0 Å². The molecule has 2 rings (SSSR count). The maximum absolute atomic E-state index is 12.7. The average molecular weight is 333 g/mol. The van der Waals surface area contributed by atoms with E-state index >= 15 is 0 Å². The molecule has 0 spiro atoms. The zero-order chi connectivity index (χ0) is 17.6. The van der Waals surface area contributed by atoms with Gasteiger partial charge in [-0.1, -0.05) is 13.8 Å². The normalized spacial score (nSPS) is 16.7. The molecule has 24 heavy (non-hydrogen) atoms. The lowest BCUT2D eigenvalue weighted by Crippen LogP contribution is -2.47. The lowest BCUT2D eigenvalue weighted by atomic mass is 9.78. The van der Waals surface area contributed by atoms with Crippen LogP contribution in [0.1, 0.15) is 26.7 Å². The molecule has 0 aliphatic carbocycles. The second-order valence-corrected chi connectivity index (χ2v) is 6.64. The number of nitrogens with one attached hydrogen (secondary N) is 3. The van der Waals surface area contributed by atoms with Crippen molar-refractivity contribution < 1.29 is 14.3 Å². The summed E-state index contributed by atoms with van der Waals surface area (Å²) < 4.78 is 5.29. The standard InChI is InChI=1S/C18H27N3O3/c1-13(2)16(22)20-14-4-6-15(7-5-14)21-17(23)18(12-24-3)8-10-19-11-9-18/h4-7,13,19H,8-12H2,1-3H3,(H,20,22)(H,21,23). The van der Waals surface area contributed by atoms with Crippen molar-refractivity contribution in [1.82, 2.24) is 5.32 Å². The van der Waals surface area contributed by atoms with Gasteiger partial charge in [0.25, 0.3) is 0 Å². The number of amides is 2. The summed E-state index contributed by atoms with van der Waals surface area (Å²) in [5.74, 6) is -0.108. The lowest BCUT2D eigenvalue weighted by Gasteiger charge is -2.35. The van der Waals surface area contributed by atoms with Gasteiger partial charge in [0.15, 0.2) is 0 Å². The van der Waals surface area contributed by atoms with Crippen molar-refractivity contribution >= 4 is 23.2 Å². The van der Waals surface area contributed by atoms with Gasteiger partial charge in [-0.2, -0.15) is 0 Å². The van der Waals surface area contributed by atoms with Gasteiger partial charge in [0.1, 0.15) is 0 Å². The molecule has 0 bridgehead atoms. The van der Waals surface area contributed by atoms with Crippen molar-refractivity contribution in [3.05, 3.63) is 24.3 Å². The van der Waals surface area contributed by atoms with Crippen molar-refractivity contribution in [2.75, 3.05) is 37.4 Å². The second-order valence-electron chi connectivity index (χ2n) is 6.64. The van der Waals surface area contributed by atoms with E-state index < -0.39 is 5.41 Å². The first-order valence-corrected chi connectivity index (χ1v) is 8.39. The van der Waals surface area contributed by atoms with Crippen molar-refractivity contribution in [2.45, 2.75) is 26.7 Å². The minimum Gasteiger partial charge on any atom is -0.384 e. The fraction of sp³-hybridized carbons (Fsp3) is 0.556. The van der Waals surface area contributed by atoms with Crippen molar-refractivity contribution in [1.29, 1.82) is 0 Å². The highest BCUT2D eigenvalue weighted by Crippen LogP contribution is 2.31. The number of hydrogen-bond donors (Lipinski definition) is 3. The number of rotatable bonds is 6. The Balaban J connectivity index is 2.01. The molecule has 0 aromatic heterocycles. The van der Waals surface area contributed by atoms with Crippen LogP contribution in [0.15, 0.2) is 24.3 Å². The van der Waals surface area contributed by atoms with Gasteiger partial charge in [0, 0.05) is 24.4 Å². The first-order valence-electron chi connectivity index (χ1n) is 8.39. The van der Waals surface area contributed by atoms with Gasteiger partial charge in [0.05, 0.1) is 12.0 Å².